The van der Waals surface area contributed by atoms with E-state index in [1.54, 1.807) is 54.7 Å². The van der Waals surface area contributed by atoms with Crippen molar-refractivity contribution in [1.29, 1.82) is 0 Å². The zero-order valence-electron chi connectivity index (χ0n) is 25.7. The van der Waals surface area contributed by atoms with Gasteiger partial charge >= 0.3 is 0 Å². The molecule has 2 aliphatic heterocycles. The number of imide groups is 2. The van der Waals surface area contributed by atoms with E-state index in [1.807, 2.05) is 12.5 Å². The van der Waals surface area contributed by atoms with Crippen molar-refractivity contribution >= 4 is 39.6 Å². The molecular weight excluding hydrogens is 632 g/mol. The summed E-state index contributed by atoms with van der Waals surface area (Å²) in [6.45, 7) is 2.01. The zero-order valence-corrected chi connectivity index (χ0v) is 27.2. The lowest BCUT2D eigenvalue weighted by Crippen LogP contribution is -2.30. The van der Waals surface area contributed by atoms with E-state index >= 15 is 0 Å². The molecule has 45 heavy (non-hydrogen) atoms. The quantitative estimate of drug-likeness (QED) is 0.107. The highest BCUT2D eigenvalue weighted by Crippen LogP contribution is 2.24. The molecule has 1 aliphatic carbocycles. The van der Waals surface area contributed by atoms with E-state index in [2.05, 4.69) is 49.8 Å². The molecule has 0 N–H and O–H groups in total. The van der Waals surface area contributed by atoms with Gasteiger partial charge in [0.2, 0.25) is 0 Å². The highest BCUT2D eigenvalue weighted by Gasteiger charge is 2.35. The number of unbranched alkanes of at least 4 members (excludes halogenated alkanes) is 6. The minimum Gasteiger partial charge on any atom is -0.337 e. The number of aromatic nitrogens is 2. The summed E-state index contributed by atoms with van der Waals surface area (Å²) in [5, 5.41) is 1.01. The maximum absolute atomic E-state index is 12.2. The Morgan fingerprint density at radius 2 is 1.00 bits per heavy atom. The maximum Gasteiger partial charge on any atom is 0.261 e. The number of amides is 4. The first-order valence-electron chi connectivity index (χ1n) is 15.8. The van der Waals surface area contributed by atoms with Crippen LogP contribution in [0.3, 0.4) is 0 Å². The Hall–Kier alpha value is -4.11. The first-order chi connectivity index (χ1) is 22.0. The van der Waals surface area contributed by atoms with Crippen LogP contribution in [0.15, 0.2) is 91.6 Å². The third kappa shape index (κ3) is 9.44. The highest BCUT2D eigenvalue weighted by atomic mass is 79.9. The number of imidazole rings is 1. The average molecular weight is 674 g/mol. The molecule has 0 spiro atoms. The predicted molar refractivity (Wildman–Crippen MR) is 179 cm³/mol. The Kier molecular flexibility index (Phi) is 13.5. The van der Waals surface area contributed by atoms with Gasteiger partial charge in [-0.3, -0.25) is 29.0 Å². The fraction of sp³-hybridized carbons (Fsp3) is 0.361. The third-order valence-electron chi connectivity index (χ3n) is 7.78. The Morgan fingerprint density at radius 3 is 1.36 bits per heavy atom. The topological polar surface area (TPSA) is 92.6 Å². The van der Waals surface area contributed by atoms with Gasteiger partial charge in [0.25, 0.3) is 23.6 Å². The van der Waals surface area contributed by atoms with Crippen LogP contribution < -0.4 is 0 Å². The standard InChI is InChI=1S/C17H19N3O2.C14H16BrNO2.C5H6/c21-16-14-7-3-4-8-15(14)17(22)20(16)11-6-2-1-5-10-19-12-9-18-13-19;15-9-5-1-2-6-10-16-13(17)11-7-3-4-8-12(11)14(16)18;1-2-4-5-3-1/h3-4,7-9,12-13H,1-2,5-6,10-11H2;3-4,7-8H,1-2,5-6,9-10H2;1-4H,5H2. The third-order valence-corrected chi connectivity index (χ3v) is 8.35. The Labute approximate surface area is 273 Å². The number of benzene rings is 2. The second-order valence-corrected chi connectivity index (χ2v) is 11.8. The molecule has 1 aromatic heterocycles. The summed E-state index contributed by atoms with van der Waals surface area (Å²) in [6.07, 6.45) is 23.3. The number of fused-ring (bicyclic) bond motifs is 2. The summed E-state index contributed by atoms with van der Waals surface area (Å²) < 4.78 is 2.06. The number of allylic oxidation sites excluding steroid dienone is 4. The number of hydrogen-bond donors (Lipinski definition) is 0. The summed E-state index contributed by atoms with van der Waals surface area (Å²) in [7, 11) is 0. The summed E-state index contributed by atoms with van der Waals surface area (Å²) in [5.41, 5.74) is 2.16. The van der Waals surface area contributed by atoms with Gasteiger partial charge in [0, 0.05) is 37.4 Å². The molecule has 8 nitrogen and oxygen atoms in total. The number of nitrogens with zero attached hydrogens (tertiary/aromatic N) is 4. The summed E-state index contributed by atoms with van der Waals surface area (Å²) >= 11 is 3.39. The van der Waals surface area contributed by atoms with Gasteiger partial charge in [0.05, 0.1) is 28.6 Å². The number of carbonyl (C=O) groups excluding carboxylic acids is 4. The van der Waals surface area contributed by atoms with E-state index in [-0.39, 0.29) is 23.6 Å². The fourth-order valence-corrected chi connectivity index (χ4v) is 5.73. The first-order valence-corrected chi connectivity index (χ1v) is 16.9. The number of carbonyl (C=O) groups is 4. The molecule has 0 saturated heterocycles. The van der Waals surface area contributed by atoms with Crippen LogP contribution in [0.5, 0.6) is 0 Å². The van der Waals surface area contributed by atoms with Gasteiger partial charge in [-0.15, -0.1) is 0 Å². The second-order valence-electron chi connectivity index (χ2n) is 11.0. The molecule has 2 aromatic carbocycles. The lowest BCUT2D eigenvalue weighted by Gasteiger charge is -2.13. The van der Waals surface area contributed by atoms with Crippen molar-refractivity contribution in [2.45, 2.75) is 64.3 Å². The monoisotopic (exact) mass is 672 g/mol. The molecule has 9 heteroatoms. The van der Waals surface area contributed by atoms with Crippen LogP contribution in [0.4, 0.5) is 0 Å². The number of alkyl halides is 1. The molecule has 3 heterocycles. The lowest BCUT2D eigenvalue weighted by molar-refractivity contribution is 0.0636. The maximum atomic E-state index is 12.2. The van der Waals surface area contributed by atoms with Gasteiger partial charge in [-0.25, -0.2) is 4.98 Å². The molecule has 0 fully saturated rings. The highest BCUT2D eigenvalue weighted by molar-refractivity contribution is 9.09. The first kappa shape index (κ1) is 33.8. The summed E-state index contributed by atoms with van der Waals surface area (Å²) in [5.74, 6) is -0.592. The zero-order chi connectivity index (χ0) is 31.9. The number of rotatable bonds is 13. The molecular formula is C36H41BrN4O4. The van der Waals surface area contributed by atoms with E-state index in [0.29, 0.717) is 35.3 Å². The smallest absolute Gasteiger partial charge is 0.261 e. The molecule has 0 radical (unpaired) electrons. The molecule has 6 rings (SSSR count). The van der Waals surface area contributed by atoms with Crippen molar-refractivity contribution in [2.75, 3.05) is 18.4 Å². The largest absolute Gasteiger partial charge is 0.337 e. The van der Waals surface area contributed by atoms with Gasteiger partial charge in [-0.05, 0) is 56.4 Å². The van der Waals surface area contributed by atoms with Gasteiger partial charge < -0.3 is 4.57 Å². The minimum atomic E-state index is -0.154. The molecule has 4 amide bonds. The number of hydrogen-bond acceptors (Lipinski definition) is 5. The van der Waals surface area contributed by atoms with Gasteiger partial charge in [0.1, 0.15) is 0 Å². The van der Waals surface area contributed by atoms with E-state index in [0.717, 1.165) is 69.7 Å². The van der Waals surface area contributed by atoms with Crippen LogP contribution in [0.1, 0.15) is 99.2 Å². The molecule has 236 valence electrons. The molecule has 3 aromatic rings. The van der Waals surface area contributed by atoms with Crippen LogP contribution >= 0.6 is 15.9 Å². The Bertz CT molecular complexity index is 1420. The predicted octanol–water partition coefficient (Wildman–Crippen LogP) is 7.48. The Morgan fingerprint density at radius 1 is 0.578 bits per heavy atom. The molecule has 3 aliphatic rings. The van der Waals surface area contributed by atoms with Crippen molar-refractivity contribution in [2.24, 2.45) is 0 Å². The normalized spacial score (nSPS) is 14.3. The van der Waals surface area contributed by atoms with Gasteiger partial charge in [-0.2, -0.15) is 0 Å². The van der Waals surface area contributed by atoms with Crippen molar-refractivity contribution < 1.29 is 19.2 Å². The lowest BCUT2D eigenvalue weighted by atomic mass is 10.1. The number of halogens is 1. The average Bonchev–Trinajstić information content (AvgIpc) is 3.89. The van der Waals surface area contributed by atoms with E-state index in [1.165, 1.54) is 9.80 Å². The van der Waals surface area contributed by atoms with Crippen LogP contribution in [0, 0.1) is 0 Å². The SMILES string of the molecule is C1=CCC=C1.O=C1c2ccccc2C(=O)N1CCCCCCBr.O=C1c2ccccc2C(=O)N1CCCCCCn1ccnc1. The van der Waals surface area contributed by atoms with Crippen molar-refractivity contribution in [3.05, 3.63) is 114 Å². The van der Waals surface area contributed by atoms with Crippen LogP contribution in [-0.4, -0.2) is 61.4 Å². The van der Waals surface area contributed by atoms with E-state index in [4.69, 9.17) is 0 Å². The molecule has 0 atom stereocenters. The van der Waals surface area contributed by atoms with Crippen LogP contribution in [-0.2, 0) is 6.54 Å². The molecule has 0 saturated carbocycles. The minimum absolute atomic E-state index is 0.143. The molecule has 0 unspecified atom stereocenters. The molecule has 0 bridgehead atoms. The van der Waals surface area contributed by atoms with Gasteiger partial charge in [-0.1, -0.05) is 90.2 Å². The summed E-state index contributed by atoms with van der Waals surface area (Å²) in [6, 6.07) is 14.1. The van der Waals surface area contributed by atoms with E-state index in [9.17, 15) is 19.2 Å². The van der Waals surface area contributed by atoms with Gasteiger partial charge in [0.15, 0.2) is 0 Å². The van der Waals surface area contributed by atoms with Crippen molar-refractivity contribution in [3.63, 3.8) is 0 Å². The Balaban J connectivity index is 0.000000180. The van der Waals surface area contributed by atoms with Crippen LogP contribution in [0.25, 0.3) is 0 Å². The summed E-state index contributed by atoms with van der Waals surface area (Å²) in [4.78, 5) is 55.2. The van der Waals surface area contributed by atoms with Crippen LogP contribution in [0.2, 0.25) is 0 Å². The number of aryl methyl sites for hydroxylation is 1. The van der Waals surface area contributed by atoms with E-state index < -0.39 is 0 Å². The fourth-order valence-electron chi connectivity index (χ4n) is 5.33. The van der Waals surface area contributed by atoms with Crippen molar-refractivity contribution in [1.82, 2.24) is 19.4 Å². The second kappa shape index (κ2) is 18.0. The van der Waals surface area contributed by atoms with Crippen molar-refractivity contribution in [3.8, 4) is 0 Å².